The molecule has 28 heavy (non-hydrogen) atoms. The maximum atomic E-state index is 15.2. The number of hydrogen-bond donors (Lipinski definition) is 2. The number of benzene rings is 3. The van der Waals surface area contributed by atoms with Crippen molar-refractivity contribution in [2.45, 2.75) is 20.0 Å². The van der Waals surface area contributed by atoms with Crippen LogP contribution in [0.4, 0.5) is 10.1 Å². The van der Waals surface area contributed by atoms with Crippen LogP contribution >= 0.6 is 28.4 Å². The highest BCUT2D eigenvalue weighted by atomic mass is 127. The number of rotatable bonds is 8. The van der Waals surface area contributed by atoms with Gasteiger partial charge in [-0.1, -0.05) is 55.5 Å². The molecule has 0 aliphatic carbocycles. The van der Waals surface area contributed by atoms with Crippen molar-refractivity contribution in [1.29, 1.82) is 5.41 Å². The van der Waals surface area contributed by atoms with Gasteiger partial charge in [0.1, 0.15) is 12.4 Å². The lowest BCUT2D eigenvalue weighted by molar-refractivity contribution is 0.306. The normalized spacial score (nSPS) is 11.0. The quantitative estimate of drug-likeness (QED) is 0.197. The Kier molecular flexibility index (Phi) is 7.40. The summed E-state index contributed by atoms with van der Waals surface area (Å²) in [6, 6.07) is 19.3. The first-order valence-electron chi connectivity index (χ1n) is 8.92. The first kappa shape index (κ1) is 20.7. The molecule has 1 unspecified atom stereocenters. The molecule has 0 fully saturated rings. The van der Waals surface area contributed by atoms with Crippen molar-refractivity contribution in [1.82, 2.24) is 0 Å². The molecule has 0 spiro atoms. The number of aryl methyl sites for hydroxylation is 1. The van der Waals surface area contributed by atoms with Crippen LogP contribution in [0.25, 0.3) is 11.1 Å². The zero-order valence-electron chi connectivity index (χ0n) is 15.4. The van der Waals surface area contributed by atoms with Crippen LogP contribution in [0.15, 0.2) is 60.7 Å². The van der Waals surface area contributed by atoms with Gasteiger partial charge in [0, 0.05) is 23.7 Å². The molecular weight excluding hydrogens is 485 g/mol. The molecule has 0 aliphatic rings. The maximum Gasteiger partial charge on any atom is 0.155 e. The molecule has 3 aromatic carbocycles. The Balaban J connectivity index is 1.92. The van der Waals surface area contributed by atoms with Gasteiger partial charge in [-0.25, -0.2) is 4.39 Å². The lowest BCUT2D eigenvalue weighted by atomic mass is 9.95. The van der Waals surface area contributed by atoms with Crippen LogP contribution in [0.5, 0.6) is 5.75 Å². The number of hydrogen-bond acceptors (Lipinski definition) is 3. The Morgan fingerprint density at radius 1 is 1.11 bits per heavy atom. The standard InChI is InChI=1S/C22H21FIN2OP/c1-2-16-12-18(27-14-15-6-4-3-5-7-15)9-11-19(16)20-10-8-17(13-25)22(21(20)23)26-28-24/h3-13,25-26,28H,2,14H2,1H3. The van der Waals surface area contributed by atoms with Gasteiger partial charge in [0.25, 0.3) is 0 Å². The topological polar surface area (TPSA) is 45.1 Å². The second-order valence-electron chi connectivity index (χ2n) is 6.20. The summed E-state index contributed by atoms with van der Waals surface area (Å²) in [4.78, 5) is 0. The molecule has 0 heterocycles. The second kappa shape index (κ2) is 9.99. The molecule has 2 N–H and O–H groups in total. The van der Waals surface area contributed by atoms with Gasteiger partial charge in [-0.2, -0.15) is 0 Å². The maximum absolute atomic E-state index is 15.2. The van der Waals surface area contributed by atoms with Crippen molar-refractivity contribution in [2.24, 2.45) is 0 Å². The fourth-order valence-corrected chi connectivity index (χ4v) is 4.21. The highest BCUT2D eigenvalue weighted by Gasteiger charge is 2.16. The van der Waals surface area contributed by atoms with Crippen LogP contribution in [0.3, 0.4) is 0 Å². The van der Waals surface area contributed by atoms with E-state index in [0.29, 0.717) is 29.8 Å². The third-order valence-electron chi connectivity index (χ3n) is 4.50. The predicted molar refractivity (Wildman–Crippen MR) is 126 cm³/mol. The monoisotopic (exact) mass is 506 g/mol. The minimum absolute atomic E-state index is 0.321. The largest absolute Gasteiger partial charge is 0.489 e. The third-order valence-corrected chi connectivity index (χ3v) is 5.65. The first-order valence-corrected chi connectivity index (χ1v) is 13.0. The van der Waals surface area contributed by atoms with Gasteiger partial charge in [-0.05, 0) is 57.3 Å². The number of halogens is 2. The van der Waals surface area contributed by atoms with Crippen LogP contribution in [0.1, 0.15) is 23.6 Å². The average Bonchev–Trinajstić information content (AvgIpc) is 2.74. The van der Waals surface area contributed by atoms with E-state index >= 15 is 4.39 Å². The number of anilines is 1. The molecule has 6 heteroatoms. The van der Waals surface area contributed by atoms with Crippen molar-refractivity contribution in [3.8, 4) is 16.9 Å². The number of ether oxygens (including phenoxy) is 1. The van der Waals surface area contributed by atoms with Gasteiger partial charge in [0.15, 0.2) is 5.82 Å². The van der Waals surface area contributed by atoms with Crippen LogP contribution in [0.2, 0.25) is 0 Å². The SMILES string of the molecule is CCc1cc(OCc2ccccc2)ccc1-c1ccc(C=N)c(NPI)c1F. The first-order chi connectivity index (χ1) is 13.7. The molecule has 0 saturated carbocycles. The summed E-state index contributed by atoms with van der Waals surface area (Å²) in [6.07, 6.45) is 2.26. The Bertz CT molecular complexity index is 966. The molecule has 0 aromatic heterocycles. The molecular formula is C22H21FIN2OP. The molecule has 144 valence electrons. The van der Waals surface area contributed by atoms with E-state index in [2.05, 4.69) is 34.1 Å². The van der Waals surface area contributed by atoms with Crippen LogP contribution < -0.4 is 9.82 Å². The summed E-state index contributed by atoms with van der Waals surface area (Å²) < 4.78 is 21.1. The van der Waals surface area contributed by atoms with Crippen molar-refractivity contribution >= 4 is 40.3 Å². The van der Waals surface area contributed by atoms with E-state index in [1.807, 2.05) is 48.5 Å². The summed E-state index contributed by atoms with van der Waals surface area (Å²) in [6.45, 7) is 2.55. The van der Waals surface area contributed by atoms with Crippen molar-refractivity contribution in [3.63, 3.8) is 0 Å². The van der Waals surface area contributed by atoms with Gasteiger partial charge >= 0.3 is 0 Å². The Hall–Kier alpha value is -1.98. The van der Waals surface area contributed by atoms with Crippen molar-refractivity contribution in [2.75, 3.05) is 5.09 Å². The zero-order chi connectivity index (χ0) is 19.9. The van der Waals surface area contributed by atoms with Gasteiger partial charge < -0.3 is 15.2 Å². The molecule has 0 saturated heterocycles. The van der Waals surface area contributed by atoms with Crippen LogP contribution in [-0.2, 0) is 13.0 Å². The molecule has 0 amide bonds. The fourth-order valence-electron chi connectivity index (χ4n) is 3.05. The van der Waals surface area contributed by atoms with Crippen LogP contribution in [-0.4, -0.2) is 6.21 Å². The fraction of sp³-hybridized carbons (Fsp3) is 0.136. The van der Waals surface area contributed by atoms with Crippen molar-refractivity contribution < 1.29 is 9.13 Å². The smallest absolute Gasteiger partial charge is 0.155 e. The lowest BCUT2D eigenvalue weighted by Crippen LogP contribution is -2.00. The van der Waals surface area contributed by atoms with Gasteiger partial charge in [0.05, 0.1) is 5.69 Å². The molecule has 1 atom stereocenters. The van der Waals surface area contributed by atoms with E-state index in [9.17, 15) is 0 Å². The summed E-state index contributed by atoms with van der Waals surface area (Å²) in [7, 11) is 0. The van der Waals surface area contributed by atoms with Gasteiger partial charge in [-0.15, -0.1) is 0 Å². The minimum Gasteiger partial charge on any atom is -0.489 e. The summed E-state index contributed by atoms with van der Waals surface area (Å²) in [5.41, 5.74) is 4.44. The van der Waals surface area contributed by atoms with E-state index in [0.717, 1.165) is 28.9 Å². The van der Waals surface area contributed by atoms with Crippen LogP contribution in [0, 0.1) is 11.2 Å². The molecule has 3 rings (SSSR count). The molecule has 0 bridgehead atoms. The van der Waals surface area contributed by atoms with E-state index in [1.54, 1.807) is 12.1 Å². The Morgan fingerprint density at radius 2 is 1.86 bits per heavy atom. The Morgan fingerprint density at radius 3 is 2.54 bits per heavy atom. The summed E-state index contributed by atoms with van der Waals surface area (Å²) >= 11 is 2.16. The van der Waals surface area contributed by atoms with E-state index in [-0.39, 0.29) is 5.82 Å². The van der Waals surface area contributed by atoms with E-state index < -0.39 is 0 Å². The minimum atomic E-state index is -0.321. The second-order valence-corrected chi connectivity index (χ2v) is 8.26. The molecule has 0 radical (unpaired) electrons. The highest BCUT2D eigenvalue weighted by Crippen LogP contribution is 2.36. The van der Waals surface area contributed by atoms with Crippen molar-refractivity contribution in [3.05, 3.63) is 83.2 Å². The molecule has 3 aromatic rings. The highest BCUT2D eigenvalue weighted by molar-refractivity contribution is 14.2. The van der Waals surface area contributed by atoms with E-state index in [4.69, 9.17) is 10.1 Å². The summed E-state index contributed by atoms with van der Waals surface area (Å²) in [5, 5.41) is 10.6. The molecule has 3 nitrogen and oxygen atoms in total. The predicted octanol–water partition coefficient (Wildman–Crippen LogP) is 6.99. The Labute approximate surface area is 179 Å². The van der Waals surface area contributed by atoms with Gasteiger partial charge in [-0.3, -0.25) is 0 Å². The average molecular weight is 506 g/mol. The lowest BCUT2D eigenvalue weighted by Gasteiger charge is -2.16. The zero-order valence-corrected chi connectivity index (χ0v) is 18.6. The summed E-state index contributed by atoms with van der Waals surface area (Å²) in [5.74, 6) is 0.450. The van der Waals surface area contributed by atoms with E-state index in [1.165, 1.54) is 6.21 Å². The number of nitrogens with one attached hydrogen (secondary N) is 2. The van der Waals surface area contributed by atoms with Gasteiger partial charge in [0.2, 0.25) is 0 Å². The third kappa shape index (κ3) is 4.70. The molecule has 0 aliphatic heterocycles.